The second-order valence-electron chi connectivity index (χ2n) is 9.98. The van der Waals surface area contributed by atoms with Gasteiger partial charge in [0.15, 0.2) is 0 Å². The van der Waals surface area contributed by atoms with Gasteiger partial charge < -0.3 is 19.4 Å². The van der Waals surface area contributed by atoms with Crippen molar-refractivity contribution >= 4 is 15.4 Å². The van der Waals surface area contributed by atoms with Crippen molar-refractivity contribution in [2.45, 2.75) is 109 Å². The van der Waals surface area contributed by atoms with Crippen LogP contribution in [-0.4, -0.2) is 25.4 Å². The lowest BCUT2D eigenvalue weighted by Crippen LogP contribution is -2.26. The van der Waals surface area contributed by atoms with E-state index >= 15 is 0 Å². The van der Waals surface area contributed by atoms with Crippen molar-refractivity contribution in [3.8, 4) is 22.6 Å². The lowest BCUT2D eigenvalue weighted by molar-refractivity contribution is 0.394. The molecule has 35 heavy (non-hydrogen) atoms. The number of hydrogen-bond acceptors (Lipinski definition) is 4. The molecule has 0 heterocycles. The molecule has 0 aliphatic heterocycles. The molecule has 188 valence electrons. The van der Waals surface area contributed by atoms with Gasteiger partial charge in [-0.3, -0.25) is 0 Å². The Kier molecular flexibility index (Phi) is 11.5. The molecule has 0 atom stereocenters. The number of hydrogen-bond donors (Lipinski definition) is 2. The summed E-state index contributed by atoms with van der Waals surface area (Å²) in [5, 5.41) is 18.5. The van der Waals surface area contributed by atoms with E-state index in [1.165, 1.54) is 99.3 Å². The van der Waals surface area contributed by atoms with Gasteiger partial charge in [0.25, 0.3) is 0 Å². The first-order chi connectivity index (χ1) is 17.2. The van der Waals surface area contributed by atoms with Crippen molar-refractivity contribution in [3.05, 3.63) is 47.5 Å². The highest BCUT2D eigenvalue weighted by molar-refractivity contribution is 6.17. The van der Waals surface area contributed by atoms with Crippen LogP contribution in [0.15, 0.2) is 36.4 Å². The highest BCUT2D eigenvalue weighted by Crippen LogP contribution is 2.55. The second kappa shape index (κ2) is 14.6. The fourth-order valence-corrected chi connectivity index (χ4v) is 5.80. The first-order valence-corrected chi connectivity index (χ1v) is 13.7. The summed E-state index contributed by atoms with van der Waals surface area (Å²) in [6, 6.07) is 12.3. The molecule has 0 saturated heterocycles. The molecule has 2 aromatic rings. The Morgan fingerprint density at radius 2 is 1.00 bits per heavy atom. The van der Waals surface area contributed by atoms with Crippen LogP contribution < -0.4 is 9.31 Å². The van der Waals surface area contributed by atoms with Crippen molar-refractivity contribution in [2.24, 2.45) is 0 Å². The molecular weight excluding hydrogens is 434 g/mol. The molecule has 0 unspecified atom stereocenters. The van der Waals surface area contributed by atoms with Gasteiger partial charge in [-0.15, -0.1) is 0 Å². The Hall–Kier alpha value is -1.91. The van der Waals surface area contributed by atoms with Gasteiger partial charge in [-0.05, 0) is 59.4 Å². The standard InChI is InChI=1S/C29H42B2O4/c1-3-5-7-9-11-13-19-29(20-14-12-10-8-6-4-2)27-21-23(34-30-32)15-17-25(27)26-18-16-24(35-31-33)22-28(26)29/h15-18,21-22,32-33H,3-14,19-20H2,1-2H3. The lowest BCUT2D eigenvalue weighted by atomic mass is 9.70. The van der Waals surface area contributed by atoms with Gasteiger partial charge in [-0.1, -0.05) is 103 Å². The zero-order valence-corrected chi connectivity index (χ0v) is 21.7. The van der Waals surface area contributed by atoms with E-state index in [1.54, 1.807) is 0 Å². The van der Waals surface area contributed by atoms with Crippen LogP contribution in [0.3, 0.4) is 0 Å². The second-order valence-corrected chi connectivity index (χ2v) is 9.98. The molecule has 0 saturated carbocycles. The van der Waals surface area contributed by atoms with Gasteiger partial charge in [0, 0.05) is 5.41 Å². The summed E-state index contributed by atoms with van der Waals surface area (Å²) in [5.74, 6) is 1.32. The predicted molar refractivity (Wildman–Crippen MR) is 146 cm³/mol. The summed E-state index contributed by atoms with van der Waals surface area (Å²) >= 11 is 0. The topological polar surface area (TPSA) is 58.9 Å². The minimum absolute atomic E-state index is 0.121. The SMILES string of the molecule is CCCCCCCCC1(CCCCCCCC)c2cc(O[B]O)ccc2-c2ccc(O[B]O)cc21. The summed E-state index contributed by atoms with van der Waals surface area (Å²) in [4.78, 5) is 0. The Morgan fingerprint density at radius 1 is 0.600 bits per heavy atom. The highest BCUT2D eigenvalue weighted by Gasteiger charge is 2.42. The van der Waals surface area contributed by atoms with Crippen LogP contribution >= 0.6 is 0 Å². The summed E-state index contributed by atoms with van der Waals surface area (Å²) < 4.78 is 10.8. The third-order valence-electron chi connectivity index (χ3n) is 7.60. The molecule has 0 amide bonds. The normalized spacial score (nSPS) is 13.3. The zero-order valence-electron chi connectivity index (χ0n) is 21.7. The van der Waals surface area contributed by atoms with Gasteiger partial charge in [0.1, 0.15) is 11.5 Å². The van der Waals surface area contributed by atoms with Gasteiger partial charge in [-0.2, -0.15) is 0 Å². The first kappa shape index (κ1) is 27.7. The molecule has 4 nitrogen and oxygen atoms in total. The summed E-state index contributed by atoms with van der Waals surface area (Å²) in [5.41, 5.74) is 4.94. The fraction of sp³-hybridized carbons (Fsp3) is 0.586. The number of rotatable bonds is 18. The molecule has 6 heteroatoms. The molecule has 1 aliphatic carbocycles. The van der Waals surface area contributed by atoms with Crippen molar-refractivity contribution < 1.29 is 19.4 Å². The van der Waals surface area contributed by atoms with Crippen LogP contribution in [-0.2, 0) is 5.41 Å². The van der Waals surface area contributed by atoms with Gasteiger partial charge in [0.2, 0.25) is 0 Å². The summed E-state index contributed by atoms with van der Waals surface area (Å²) in [7, 11) is 1.52. The number of benzene rings is 2. The minimum Gasteiger partial charge on any atom is -0.537 e. The Morgan fingerprint density at radius 3 is 1.40 bits per heavy atom. The fourth-order valence-electron chi connectivity index (χ4n) is 5.80. The molecule has 0 bridgehead atoms. The van der Waals surface area contributed by atoms with Crippen molar-refractivity contribution in [1.82, 2.24) is 0 Å². The van der Waals surface area contributed by atoms with Crippen LogP contribution in [0.2, 0.25) is 0 Å². The average Bonchev–Trinajstić information content (AvgIpc) is 3.13. The van der Waals surface area contributed by atoms with Crippen molar-refractivity contribution in [2.75, 3.05) is 0 Å². The summed E-state index contributed by atoms with van der Waals surface area (Å²) in [6.07, 6.45) is 17.3. The van der Waals surface area contributed by atoms with E-state index in [9.17, 15) is 10.0 Å². The van der Waals surface area contributed by atoms with E-state index in [2.05, 4.69) is 38.1 Å². The van der Waals surface area contributed by atoms with Crippen LogP contribution in [0.25, 0.3) is 11.1 Å². The minimum atomic E-state index is -0.121. The number of unbranched alkanes of at least 4 members (excludes halogenated alkanes) is 10. The molecule has 2 N–H and O–H groups in total. The van der Waals surface area contributed by atoms with Crippen molar-refractivity contribution in [1.29, 1.82) is 0 Å². The largest absolute Gasteiger partial charge is 0.569 e. The molecule has 1 aliphatic rings. The van der Waals surface area contributed by atoms with Gasteiger partial charge in [-0.25, -0.2) is 0 Å². The monoisotopic (exact) mass is 476 g/mol. The molecule has 0 aromatic heterocycles. The predicted octanol–water partition coefficient (Wildman–Crippen LogP) is 7.26. The third-order valence-corrected chi connectivity index (χ3v) is 7.60. The van der Waals surface area contributed by atoms with Crippen LogP contribution in [0.4, 0.5) is 0 Å². The molecule has 2 aromatic carbocycles. The zero-order chi connectivity index (χ0) is 24.9. The van der Waals surface area contributed by atoms with E-state index in [0.29, 0.717) is 11.5 Å². The van der Waals surface area contributed by atoms with Crippen LogP contribution in [0.5, 0.6) is 11.5 Å². The van der Waals surface area contributed by atoms with E-state index in [-0.39, 0.29) is 5.41 Å². The van der Waals surface area contributed by atoms with Crippen molar-refractivity contribution in [3.63, 3.8) is 0 Å². The van der Waals surface area contributed by atoms with E-state index in [1.807, 2.05) is 12.1 Å². The average molecular weight is 476 g/mol. The quantitative estimate of drug-likeness (QED) is 0.176. The third kappa shape index (κ3) is 7.07. The Labute approximate surface area is 214 Å². The Balaban J connectivity index is 1.94. The van der Waals surface area contributed by atoms with E-state index in [0.717, 1.165) is 28.2 Å². The first-order valence-electron chi connectivity index (χ1n) is 13.7. The lowest BCUT2D eigenvalue weighted by Gasteiger charge is -2.33. The Bertz CT molecular complexity index is 829. The van der Waals surface area contributed by atoms with Gasteiger partial charge in [0.05, 0.1) is 0 Å². The number of fused-ring (bicyclic) bond motifs is 3. The van der Waals surface area contributed by atoms with E-state index < -0.39 is 0 Å². The maximum absolute atomic E-state index is 9.26. The van der Waals surface area contributed by atoms with Crippen LogP contribution in [0.1, 0.15) is 115 Å². The molecule has 0 spiro atoms. The molecule has 0 fully saturated rings. The molecule has 3 rings (SSSR count). The van der Waals surface area contributed by atoms with E-state index in [4.69, 9.17) is 9.31 Å². The van der Waals surface area contributed by atoms with Crippen LogP contribution in [0, 0.1) is 0 Å². The molecular formula is C29H42B2O4. The molecule has 2 radical (unpaired) electrons. The maximum atomic E-state index is 9.26. The van der Waals surface area contributed by atoms with Gasteiger partial charge >= 0.3 is 15.4 Å². The highest BCUT2D eigenvalue weighted by atomic mass is 16.5. The summed E-state index contributed by atoms with van der Waals surface area (Å²) in [6.45, 7) is 4.52. The maximum Gasteiger partial charge on any atom is 0.569 e. The smallest absolute Gasteiger partial charge is 0.537 e.